The first-order chi connectivity index (χ1) is 14.3. The van der Waals surface area contributed by atoms with Crippen molar-refractivity contribution in [3.8, 4) is 0 Å². The molecule has 0 radical (unpaired) electrons. The highest BCUT2D eigenvalue weighted by molar-refractivity contribution is 5.92. The monoisotopic (exact) mass is 412 g/mol. The van der Waals surface area contributed by atoms with Crippen molar-refractivity contribution < 1.29 is 19.1 Å². The van der Waals surface area contributed by atoms with Crippen LogP contribution in [0.25, 0.3) is 0 Å². The van der Waals surface area contributed by atoms with Crippen LogP contribution in [-0.2, 0) is 19.1 Å². The summed E-state index contributed by atoms with van der Waals surface area (Å²) < 4.78 is 11.0. The summed E-state index contributed by atoms with van der Waals surface area (Å²) in [5.74, 6) is 3.04. The molecule has 0 N–H and O–H groups in total. The molecule has 0 amide bonds. The molecule has 0 bridgehead atoms. The first-order valence-electron chi connectivity index (χ1n) is 12.0. The van der Waals surface area contributed by atoms with Crippen LogP contribution in [0.15, 0.2) is 23.8 Å². The zero-order chi connectivity index (χ0) is 21.3. The van der Waals surface area contributed by atoms with Crippen LogP contribution >= 0.6 is 0 Å². The Balaban J connectivity index is 1.36. The molecule has 0 aromatic heterocycles. The van der Waals surface area contributed by atoms with Gasteiger partial charge in [0.25, 0.3) is 0 Å². The van der Waals surface area contributed by atoms with Crippen molar-refractivity contribution in [2.75, 3.05) is 6.61 Å². The van der Waals surface area contributed by atoms with Crippen LogP contribution in [0.3, 0.4) is 0 Å². The lowest BCUT2D eigenvalue weighted by atomic mass is 9.48. The van der Waals surface area contributed by atoms with Crippen LogP contribution in [0.4, 0.5) is 0 Å². The van der Waals surface area contributed by atoms with E-state index in [2.05, 4.69) is 32.9 Å². The van der Waals surface area contributed by atoms with Gasteiger partial charge in [-0.15, -0.1) is 0 Å². The molecule has 3 fully saturated rings. The fourth-order valence-corrected chi connectivity index (χ4v) is 8.07. The molecule has 4 aliphatic carbocycles. The van der Waals surface area contributed by atoms with Crippen molar-refractivity contribution >= 4 is 11.8 Å². The van der Waals surface area contributed by atoms with Crippen molar-refractivity contribution in [1.82, 2.24) is 0 Å². The highest BCUT2D eigenvalue weighted by atomic mass is 16.6. The van der Waals surface area contributed by atoms with Crippen molar-refractivity contribution in [2.24, 2.45) is 40.4 Å². The molecular weight excluding hydrogens is 376 g/mol. The van der Waals surface area contributed by atoms with E-state index in [1.807, 2.05) is 13.0 Å². The van der Waals surface area contributed by atoms with Crippen LogP contribution < -0.4 is 0 Å². The molecule has 5 rings (SSSR count). The van der Waals surface area contributed by atoms with E-state index in [1.54, 1.807) is 0 Å². The van der Waals surface area contributed by atoms with Crippen molar-refractivity contribution in [1.29, 1.82) is 0 Å². The van der Waals surface area contributed by atoms with Crippen molar-refractivity contribution in [3.05, 3.63) is 23.8 Å². The van der Waals surface area contributed by atoms with E-state index in [1.165, 1.54) is 31.3 Å². The highest BCUT2D eigenvalue weighted by Gasteiger charge is 2.61. The minimum absolute atomic E-state index is 0.0284. The lowest BCUT2D eigenvalue weighted by Gasteiger charge is -2.56. The molecule has 4 heteroatoms. The summed E-state index contributed by atoms with van der Waals surface area (Å²) in [6.07, 6.45) is 13.0. The lowest BCUT2D eigenvalue weighted by Crippen LogP contribution is -2.49. The largest absolute Gasteiger partial charge is 0.464 e. The second-order valence-electron chi connectivity index (χ2n) is 11.0. The van der Waals surface area contributed by atoms with Crippen LogP contribution in [0, 0.1) is 40.4 Å². The zero-order valence-corrected chi connectivity index (χ0v) is 18.9. The number of hydrogen-bond donors (Lipinski definition) is 0. The topological polar surface area (TPSA) is 55.9 Å². The molecule has 6 unspecified atom stereocenters. The fraction of sp³-hybridized carbons (Fsp3) is 0.769. The number of ether oxygens (including phenoxy) is 2. The molecule has 0 aromatic rings. The van der Waals surface area contributed by atoms with Crippen LogP contribution in [0.1, 0.15) is 66.2 Å². The summed E-state index contributed by atoms with van der Waals surface area (Å²) in [7, 11) is 0. The van der Waals surface area contributed by atoms with E-state index in [0.717, 1.165) is 6.42 Å². The minimum Gasteiger partial charge on any atom is -0.464 e. The number of fused-ring (bicyclic) bond motifs is 5. The lowest BCUT2D eigenvalue weighted by molar-refractivity contribution is -0.144. The number of carbonyl (C=O) groups is 2. The van der Waals surface area contributed by atoms with Gasteiger partial charge in [0.15, 0.2) is 11.9 Å². The summed E-state index contributed by atoms with van der Waals surface area (Å²) in [4.78, 5) is 24.1. The minimum atomic E-state index is -0.347. The second kappa shape index (κ2) is 7.05. The Labute approximate surface area is 180 Å². The molecule has 1 saturated heterocycles. The van der Waals surface area contributed by atoms with E-state index in [0.29, 0.717) is 53.8 Å². The van der Waals surface area contributed by atoms with Crippen LogP contribution in [0.5, 0.6) is 0 Å². The van der Waals surface area contributed by atoms with Crippen LogP contribution in [-0.4, -0.2) is 30.6 Å². The molecule has 5 aliphatic rings. The first kappa shape index (κ1) is 20.5. The zero-order valence-electron chi connectivity index (χ0n) is 18.9. The summed E-state index contributed by atoms with van der Waals surface area (Å²) in [6.45, 7) is 9.47. The quantitative estimate of drug-likeness (QED) is 0.488. The maximum absolute atomic E-state index is 12.1. The number of rotatable bonds is 4. The second-order valence-corrected chi connectivity index (χ2v) is 11.0. The molecule has 0 spiro atoms. The summed E-state index contributed by atoms with van der Waals surface area (Å²) in [5, 5.41) is 0. The third-order valence-corrected chi connectivity index (χ3v) is 9.79. The average Bonchev–Trinajstić information content (AvgIpc) is 3.43. The highest BCUT2D eigenvalue weighted by Crippen LogP contribution is 2.66. The number of carbonyl (C=O) groups excluding carboxylic acids is 2. The summed E-state index contributed by atoms with van der Waals surface area (Å²) in [6, 6.07) is 0. The molecule has 1 heterocycles. The van der Waals surface area contributed by atoms with Gasteiger partial charge in [0.2, 0.25) is 0 Å². The Morgan fingerprint density at radius 1 is 1.23 bits per heavy atom. The Morgan fingerprint density at radius 3 is 2.80 bits per heavy atom. The van der Waals surface area contributed by atoms with Gasteiger partial charge in [-0.1, -0.05) is 32.9 Å². The molecule has 2 saturated carbocycles. The summed E-state index contributed by atoms with van der Waals surface area (Å²) in [5.41, 5.74) is 1.74. The smallest absolute Gasteiger partial charge is 0.338 e. The molecule has 9 atom stereocenters. The van der Waals surface area contributed by atoms with Gasteiger partial charge in [0.05, 0.1) is 12.7 Å². The van der Waals surface area contributed by atoms with Gasteiger partial charge in [-0.25, -0.2) is 4.79 Å². The van der Waals surface area contributed by atoms with E-state index in [-0.39, 0.29) is 23.6 Å². The number of hydrogen-bond acceptors (Lipinski definition) is 4. The Morgan fingerprint density at radius 2 is 2.03 bits per heavy atom. The molecule has 164 valence electrons. The Hall–Kier alpha value is -1.42. The van der Waals surface area contributed by atoms with Gasteiger partial charge in [-0.2, -0.15) is 0 Å². The summed E-state index contributed by atoms with van der Waals surface area (Å²) >= 11 is 0. The van der Waals surface area contributed by atoms with E-state index in [9.17, 15) is 9.59 Å². The SMILES string of the molecule is CCOC(=O)C1OC1[C@@H](C)C1CCC2C3C=CC4=CC(=O)CC[C@]4(C)C3CC[C@@]21C. The van der Waals surface area contributed by atoms with Gasteiger partial charge >= 0.3 is 5.97 Å². The number of epoxide rings is 1. The van der Waals surface area contributed by atoms with E-state index >= 15 is 0 Å². The maximum Gasteiger partial charge on any atom is 0.338 e. The van der Waals surface area contributed by atoms with Gasteiger partial charge in [-0.3, -0.25) is 4.79 Å². The standard InChI is InChI=1S/C26H36O4/c1-5-29-24(28)23-22(30-23)15(2)19-8-9-20-18-7-6-16-14-17(27)10-12-25(16,3)21(18)11-13-26(19,20)4/h6-7,14-15,18-23H,5,8-13H2,1-4H3/t15-,18?,19?,20?,21?,22?,23?,25-,26+/m0/s1. The third kappa shape index (κ3) is 2.89. The molecule has 1 aliphatic heterocycles. The van der Waals surface area contributed by atoms with Crippen molar-refractivity contribution in [3.63, 3.8) is 0 Å². The predicted octanol–water partition coefficient (Wildman–Crippen LogP) is 4.88. The molecule has 4 nitrogen and oxygen atoms in total. The van der Waals surface area contributed by atoms with Gasteiger partial charge in [0.1, 0.15) is 0 Å². The fourth-order valence-electron chi connectivity index (χ4n) is 8.07. The normalized spacial score (nSPS) is 47.6. The number of allylic oxidation sites excluding steroid dienone is 4. The molecule has 0 aromatic carbocycles. The molecular formula is C26H36O4. The van der Waals surface area contributed by atoms with Gasteiger partial charge in [-0.05, 0) is 91.1 Å². The molecule has 30 heavy (non-hydrogen) atoms. The number of esters is 1. The van der Waals surface area contributed by atoms with Gasteiger partial charge in [0, 0.05) is 6.42 Å². The van der Waals surface area contributed by atoms with Crippen molar-refractivity contribution in [2.45, 2.75) is 78.4 Å². The third-order valence-electron chi connectivity index (χ3n) is 9.79. The van der Waals surface area contributed by atoms with E-state index < -0.39 is 0 Å². The number of ketones is 1. The van der Waals surface area contributed by atoms with E-state index in [4.69, 9.17) is 9.47 Å². The van der Waals surface area contributed by atoms with Crippen LogP contribution in [0.2, 0.25) is 0 Å². The Kier molecular flexibility index (Phi) is 4.81. The Bertz CT molecular complexity index is 812. The maximum atomic E-state index is 12.1. The predicted molar refractivity (Wildman–Crippen MR) is 115 cm³/mol. The average molecular weight is 413 g/mol. The van der Waals surface area contributed by atoms with Gasteiger partial charge < -0.3 is 9.47 Å². The first-order valence-corrected chi connectivity index (χ1v) is 12.0.